The first-order valence-electron chi connectivity index (χ1n) is 9.87. The summed E-state index contributed by atoms with van der Waals surface area (Å²) in [4.78, 5) is 29.5. The van der Waals surface area contributed by atoms with Gasteiger partial charge in [0.1, 0.15) is 23.8 Å². The Hall–Kier alpha value is -4.34. The minimum absolute atomic E-state index is 0.124. The van der Waals surface area contributed by atoms with Crippen molar-refractivity contribution in [1.29, 1.82) is 0 Å². The second kappa shape index (κ2) is 9.21. The third-order valence-electron chi connectivity index (χ3n) is 4.48. The smallest absolute Gasteiger partial charge is 0.351 e. The fourth-order valence-corrected chi connectivity index (χ4v) is 3.05. The van der Waals surface area contributed by atoms with Gasteiger partial charge in [-0.3, -0.25) is 4.79 Å². The number of hydrogen-bond donors (Lipinski definition) is 1. The lowest BCUT2D eigenvalue weighted by molar-refractivity contribution is -0.117. The summed E-state index contributed by atoms with van der Waals surface area (Å²) in [5.41, 5.74) is 0.203. The van der Waals surface area contributed by atoms with Crippen molar-refractivity contribution in [3.05, 3.63) is 71.4 Å². The molecule has 10 heteroatoms. The zero-order valence-corrected chi connectivity index (χ0v) is 17.5. The third-order valence-corrected chi connectivity index (χ3v) is 4.48. The van der Waals surface area contributed by atoms with E-state index in [1.54, 1.807) is 49.6 Å². The van der Waals surface area contributed by atoms with Crippen molar-refractivity contribution < 1.29 is 19.0 Å². The first-order valence-corrected chi connectivity index (χ1v) is 9.87. The number of nitrogens with one attached hydrogen (secondary N) is 1. The highest BCUT2D eigenvalue weighted by atomic mass is 16.5. The van der Waals surface area contributed by atoms with Crippen LogP contribution in [0.25, 0.3) is 5.65 Å². The Bertz CT molecular complexity index is 1310. The van der Waals surface area contributed by atoms with E-state index in [2.05, 4.69) is 15.4 Å². The lowest BCUT2D eigenvalue weighted by atomic mass is 10.3. The zero-order chi connectivity index (χ0) is 22.5. The summed E-state index contributed by atoms with van der Waals surface area (Å²) in [7, 11) is 1.55. The number of methoxy groups -OCH3 is 1. The lowest BCUT2D eigenvalue weighted by Crippen LogP contribution is -2.28. The maximum atomic E-state index is 12.7. The van der Waals surface area contributed by atoms with Crippen molar-refractivity contribution in [3.63, 3.8) is 0 Å². The molecule has 164 valence electrons. The van der Waals surface area contributed by atoms with E-state index >= 15 is 0 Å². The molecule has 0 spiro atoms. The molecule has 2 aromatic heterocycles. The van der Waals surface area contributed by atoms with Crippen molar-refractivity contribution in [2.75, 3.05) is 19.0 Å². The molecule has 4 rings (SSSR count). The van der Waals surface area contributed by atoms with Gasteiger partial charge < -0.3 is 19.5 Å². The molecule has 4 aromatic rings. The Labute approximate surface area is 183 Å². The maximum absolute atomic E-state index is 12.7. The van der Waals surface area contributed by atoms with Crippen LogP contribution in [-0.2, 0) is 11.3 Å². The molecular weight excluding hydrogens is 414 g/mol. The Balaban J connectivity index is 1.58. The second-order valence-electron chi connectivity index (χ2n) is 6.62. The van der Waals surface area contributed by atoms with Gasteiger partial charge in [-0.15, -0.1) is 5.10 Å². The van der Waals surface area contributed by atoms with Gasteiger partial charge in [-0.1, -0.05) is 18.2 Å². The Morgan fingerprint density at radius 2 is 1.94 bits per heavy atom. The summed E-state index contributed by atoms with van der Waals surface area (Å²) in [6.45, 7) is 2.02. The van der Waals surface area contributed by atoms with E-state index < -0.39 is 11.6 Å². The molecule has 0 aliphatic carbocycles. The first-order chi connectivity index (χ1) is 15.6. The molecule has 2 aromatic carbocycles. The fourth-order valence-electron chi connectivity index (χ4n) is 3.05. The molecule has 1 amide bonds. The number of carbonyl (C=O) groups excluding carboxylic acids is 1. The molecule has 0 aliphatic heterocycles. The summed E-state index contributed by atoms with van der Waals surface area (Å²) >= 11 is 0. The van der Waals surface area contributed by atoms with Crippen LogP contribution in [0.1, 0.15) is 6.92 Å². The molecule has 2 heterocycles. The van der Waals surface area contributed by atoms with Crippen LogP contribution in [0.3, 0.4) is 0 Å². The molecule has 0 aliphatic rings. The van der Waals surface area contributed by atoms with Crippen LogP contribution < -0.4 is 25.2 Å². The van der Waals surface area contributed by atoms with Gasteiger partial charge in [0.05, 0.1) is 19.4 Å². The molecule has 0 saturated heterocycles. The van der Waals surface area contributed by atoms with Gasteiger partial charge >= 0.3 is 5.69 Å². The number of amides is 1. The summed E-state index contributed by atoms with van der Waals surface area (Å²) in [5, 5.41) is 7.00. The van der Waals surface area contributed by atoms with Gasteiger partial charge in [-0.25, -0.2) is 18.9 Å². The van der Waals surface area contributed by atoms with Crippen LogP contribution in [0.15, 0.2) is 65.7 Å². The van der Waals surface area contributed by atoms with E-state index in [0.717, 1.165) is 4.68 Å². The number of para-hydroxylation sites is 2. The number of benzene rings is 2. The average molecular weight is 435 g/mol. The third kappa shape index (κ3) is 4.38. The Morgan fingerprint density at radius 1 is 1.12 bits per heavy atom. The van der Waals surface area contributed by atoms with Gasteiger partial charge in [0.2, 0.25) is 11.6 Å². The van der Waals surface area contributed by atoms with E-state index in [9.17, 15) is 9.59 Å². The lowest BCUT2D eigenvalue weighted by Gasteiger charge is -2.10. The van der Waals surface area contributed by atoms with Gasteiger partial charge in [0, 0.05) is 18.5 Å². The van der Waals surface area contributed by atoms with Gasteiger partial charge in [0.25, 0.3) is 5.88 Å². The van der Waals surface area contributed by atoms with Crippen molar-refractivity contribution in [3.8, 4) is 23.1 Å². The van der Waals surface area contributed by atoms with Crippen LogP contribution in [-0.4, -0.2) is 38.8 Å². The summed E-state index contributed by atoms with van der Waals surface area (Å²) in [6, 6.07) is 14.0. The molecule has 32 heavy (non-hydrogen) atoms. The van der Waals surface area contributed by atoms with E-state index in [4.69, 9.17) is 14.2 Å². The van der Waals surface area contributed by atoms with Crippen LogP contribution in [0, 0.1) is 0 Å². The van der Waals surface area contributed by atoms with Gasteiger partial charge in [-0.05, 0) is 31.2 Å². The monoisotopic (exact) mass is 435 g/mol. The van der Waals surface area contributed by atoms with Crippen LogP contribution >= 0.6 is 0 Å². The Morgan fingerprint density at radius 3 is 2.75 bits per heavy atom. The van der Waals surface area contributed by atoms with E-state index in [1.807, 2.05) is 13.0 Å². The summed E-state index contributed by atoms with van der Waals surface area (Å²) < 4.78 is 18.8. The SMILES string of the molecule is CCOc1ccccc1NC(=O)Cn1nc2c(Oc3cccc(OC)c3)nccn2c1=O. The number of ether oxygens (including phenoxy) is 3. The molecule has 0 atom stereocenters. The average Bonchev–Trinajstić information content (AvgIpc) is 3.12. The summed E-state index contributed by atoms with van der Waals surface area (Å²) in [6.07, 6.45) is 2.89. The standard InChI is InChI=1S/C22H21N5O5/c1-3-31-18-10-5-4-9-17(18)24-19(28)14-27-22(29)26-12-11-23-21(20(26)25-27)32-16-8-6-7-15(13-16)30-2/h4-13H,3,14H2,1-2H3,(H,24,28). The number of nitrogens with zero attached hydrogens (tertiary/aromatic N) is 4. The number of carbonyl (C=O) groups is 1. The highest BCUT2D eigenvalue weighted by Crippen LogP contribution is 2.26. The predicted octanol–water partition coefficient (Wildman–Crippen LogP) is 2.73. The topological polar surface area (TPSA) is 109 Å². The minimum Gasteiger partial charge on any atom is -0.497 e. The fraction of sp³-hybridized carbons (Fsp3) is 0.182. The van der Waals surface area contributed by atoms with Gasteiger partial charge in [-0.2, -0.15) is 0 Å². The molecule has 1 N–H and O–H groups in total. The van der Waals surface area contributed by atoms with Crippen molar-refractivity contribution >= 4 is 17.2 Å². The van der Waals surface area contributed by atoms with E-state index in [0.29, 0.717) is 29.5 Å². The quantitative estimate of drug-likeness (QED) is 0.453. The molecule has 0 bridgehead atoms. The number of anilines is 1. The molecule has 0 unspecified atom stereocenters. The Kier molecular flexibility index (Phi) is 6.02. The van der Waals surface area contributed by atoms with Crippen LogP contribution in [0.2, 0.25) is 0 Å². The zero-order valence-electron chi connectivity index (χ0n) is 17.5. The number of aromatic nitrogens is 4. The highest BCUT2D eigenvalue weighted by Gasteiger charge is 2.16. The number of rotatable bonds is 8. The minimum atomic E-state index is -0.494. The first kappa shape index (κ1) is 20.9. The van der Waals surface area contributed by atoms with Crippen molar-refractivity contribution in [2.45, 2.75) is 13.5 Å². The molecule has 10 nitrogen and oxygen atoms in total. The largest absolute Gasteiger partial charge is 0.497 e. The van der Waals surface area contributed by atoms with E-state index in [1.165, 1.54) is 16.8 Å². The second-order valence-corrected chi connectivity index (χ2v) is 6.62. The summed E-state index contributed by atoms with van der Waals surface area (Å²) in [5.74, 6) is 1.33. The van der Waals surface area contributed by atoms with Crippen LogP contribution in [0.4, 0.5) is 5.69 Å². The highest BCUT2D eigenvalue weighted by molar-refractivity contribution is 5.92. The van der Waals surface area contributed by atoms with Crippen molar-refractivity contribution in [2.24, 2.45) is 0 Å². The molecule has 0 fully saturated rings. The molecule has 0 radical (unpaired) electrons. The van der Waals surface area contributed by atoms with Gasteiger partial charge in [0.15, 0.2) is 0 Å². The normalized spacial score (nSPS) is 10.7. The van der Waals surface area contributed by atoms with Crippen LogP contribution in [0.5, 0.6) is 23.1 Å². The number of fused-ring (bicyclic) bond motifs is 1. The maximum Gasteiger partial charge on any atom is 0.351 e. The predicted molar refractivity (Wildman–Crippen MR) is 117 cm³/mol. The van der Waals surface area contributed by atoms with E-state index in [-0.39, 0.29) is 18.1 Å². The molecule has 0 saturated carbocycles. The number of hydrogen-bond acceptors (Lipinski definition) is 7. The van der Waals surface area contributed by atoms with Crippen molar-refractivity contribution in [1.82, 2.24) is 19.2 Å². The molecular formula is C22H21N5O5.